The number of aromatic nitrogens is 2. The third kappa shape index (κ3) is 1.75. The van der Waals surface area contributed by atoms with E-state index in [1.807, 2.05) is 0 Å². The minimum Gasteiger partial charge on any atom is -0.310 e. The summed E-state index contributed by atoms with van der Waals surface area (Å²) in [5.41, 5.74) is 0. The van der Waals surface area contributed by atoms with Gasteiger partial charge in [-0.3, -0.25) is 9.59 Å². The highest BCUT2D eigenvalue weighted by Crippen LogP contribution is 2.11. The van der Waals surface area contributed by atoms with Crippen molar-refractivity contribution in [1.82, 2.24) is 9.97 Å². The van der Waals surface area contributed by atoms with Gasteiger partial charge in [0.2, 0.25) is 12.8 Å². The van der Waals surface area contributed by atoms with Crippen LogP contribution in [0.25, 0.3) is 0 Å². The summed E-state index contributed by atoms with van der Waals surface area (Å²) in [6, 6.07) is 0. The minimum absolute atomic E-state index is 0.222. The Labute approximate surface area is 68.0 Å². The molecule has 0 bridgehead atoms. The lowest BCUT2D eigenvalue weighted by atomic mass is 10.6. The van der Waals surface area contributed by atoms with Crippen molar-refractivity contribution >= 4 is 24.5 Å². The molecule has 1 rings (SSSR count). The molecule has 2 N–H and O–H groups in total. The van der Waals surface area contributed by atoms with Gasteiger partial charge in [0, 0.05) is 12.4 Å². The average Bonchev–Trinajstić information content (AvgIpc) is 2.09. The van der Waals surface area contributed by atoms with Crippen LogP contribution in [0.2, 0.25) is 0 Å². The molecule has 0 aliphatic carbocycles. The molecule has 0 unspecified atom stereocenters. The number of rotatable bonds is 4. The Morgan fingerprint density at radius 3 is 1.75 bits per heavy atom. The second-order valence-electron chi connectivity index (χ2n) is 1.78. The predicted molar refractivity (Wildman–Crippen MR) is 41.4 cm³/mol. The monoisotopic (exact) mass is 166 g/mol. The van der Waals surface area contributed by atoms with Crippen LogP contribution in [0.1, 0.15) is 0 Å². The summed E-state index contributed by atoms with van der Waals surface area (Å²) in [6.07, 6.45) is 3.73. The molecule has 1 aromatic rings. The van der Waals surface area contributed by atoms with Crippen LogP contribution in [-0.2, 0) is 9.59 Å². The van der Waals surface area contributed by atoms with Crippen molar-refractivity contribution in [1.29, 1.82) is 0 Å². The molecule has 1 aromatic heterocycles. The highest BCUT2D eigenvalue weighted by molar-refractivity contribution is 5.81. The third-order valence-electron chi connectivity index (χ3n) is 1.09. The zero-order chi connectivity index (χ0) is 8.81. The molecule has 0 saturated heterocycles. The van der Waals surface area contributed by atoms with Crippen molar-refractivity contribution in [3.8, 4) is 0 Å². The van der Waals surface area contributed by atoms with E-state index in [1.165, 1.54) is 12.4 Å². The van der Waals surface area contributed by atoms with Crippen molar-refractivity contribution in [3.63, 3.8) is 0 Å². The first-order valence-electron chi connectivity index (χ1n) is 3.10. The van der Waals surface area contributed by atoms with Crippen molar-refractivity contribution in [3.05, 3.63) is 12.4 Å². The van der Waals surface area contributed by atoms with Gasteiger partial charge in [-0.2, -0.15) is 0 Å². The molecule has 0 aliphatic rings. The second kappa shape index (κ2) is 4.02. The second-order valence-corrected chi connectivity index (χ2v) is 1.78. The van der Waals surface area contributed by atoms with Gasteiger partial charge in [0.1, 0.15) is 0 Å². The van der Waals surface area contributed by atoms with E-state index in [0.717, 1.165) is 0 Å². The van der Waals surface area contributed by atoms with Gasteiger partial charge in [-0.05, 0) is 0 Å². The van der Waals surface area contributed by atoms with Crippen LogP contribution < -0.4 is 10.6 Å². The van der Waals surface area contributed by atoms with Crippen LogP contribution in [0.4, 0.5) is 11.6 Å². The molecule has 0 radical (unpaired) electrons. The number of nitrogens with zero attached hydrogens (tertiary/aromatic N) is 2. The average molecular weight is 166 g/mol. The number of anilines is 2. The maximum Gasteiger partial charge on any atom is 0.212 e. The van der Waals surface area contributed by atoms with E-state index in [9.17, 15) is 9.59 Å². The number of nitrogens with one attached hydrogen (secondary N) is 2. The Kier molecular flexibility index (Phi) is 2.72. The standard InChI is InChI=1S/C6H6N4O2/c11-3-9-5-6(10-4-12)8-2-1-7-5/h1-4H,(H,7,9,11)(H,8,10,12). The van der Waals surface area contributed by atoms with Gasteiger partial charge in [-0.15, -0.1) is 0 Å². The summed E-state index contributed by atoms with van der Waals surface area (Å²) in [4.78, 5) is 27.6. The fourth-order valence-electron chi connectivity index (χ4n) is 0.661. The molecule has 2 amide bonds. The Morgan fingerprint density at radius 2 is 1.42 bits per heavy atom. The lowest BCUT2D eigenvalue weighted by molar-refractivity contribution is -0.106. The molecule has 6 nitrogen and oxygen atoms in total. The van der Waals surface area contributed by atoms with E-state index >= 15 is 0 Å². The Morgan fingerprint density at radius 1 is 1.00 bits per heavy atom. The zero-order valence-electron chi connectivity index (χ0n) is 6.02. The van der Waals surface area contributed by atoms with E-state index in [1.54, 1.807) is 0 Å². The third-order valence-corrected chi connectivity index (χ3v) is 1.09. The lowest BCUT2D eigenvalue weighted by Crippen LogP contribution is -2.05. The zero-order valence-corrected chi connectivity index (χ0v) is 6.02. The normalized spacial score (nSPS) is 8.67. The predicted octanol–water partition coefficient (Wildman–Crippen LogP) is -0.387. The smallest absolute Gasteiger partial charge is 0.212 e. The van der Waals surface area contributed by atoms with E-state index in [2.05, 4.69) is 20.6 Å². The van der Waals surface area contributed by atoms with Crippen LogP contribution in [0, 0.1) is 0 Å². The quantitative estimate of drug-likeness (QED) is 0.597. The topological polar surface area (TPSA) is 84.0 Å². The molecule has 0 fully saturated rings. The van der Waals surface area contributed by atoms with Crippen molar-refractivity contribution in [2.45, 2.75) is 0 Å². The summed E-state index contributed by atoms with van der Waals surface area (Å²) >= 11 is 0. The van der Waals surface area contributed by atoms with Gasteiger partial charge in [-0.1, -0.05) is 0 Å². The van der Waals surface area contributed by atoms with Crippen LogP contribution in [0.5, 0.6) is 0 Å². The van der Waals surface area contributed by atoms with Gasteiger partial charge in [-0.25, -0.2) is 9.97 Å². The molecule has 6 heteroatoms. The van der Waals surface area contributed by atoms with Crippen molar-refractivity contribution in [2.75, 3.05) is 10.6 Å². The van der Waals surface area contributed by atoms with Crippen LogP contribution in [0.15, 0.2) is 12.4 Å². The van der Waals surface area contributed by atoms with Gasteiger partial charge >= 0.3 is 0 Å². The van der Waals surface area contributed by atoms with Gasteiger partial charge < -0.3 is 10.6 Å². The van der Waals surface area contributed by atoms with Gasteiger partial charge in [0.05, 0.1) is 0 Å². The largest absolute Gasteiger partial charge is 0.310 e. The number of carbonyl (C=O) groups is 2. The molecule has 12 heavy (non-hydrogen) atoms. The van der Waals surface area contributed by atoms with Crippen molar-refractivity contribution < 1.29 is 9.59 Å². The number of carbonyl (C=O) groups excluding carboxylic acids is 2. The first-order valence-corrected chi connectivity index (χ1v) is 3.10. The van der Waals surface area contributed by atoms with Crippen LogP contribution >= 0.6 is 0 Å². The molecular weight excluding hydrogens is 160 g/mol. The first-order chi connectivity index (χ1) is 5.88. The summed E-state index contributed by atoms with van der Waals surface area (Å²) in [5.74, 6) is 0.444. The van der Waals surface area contributed by atoms with Crippen LogP contribution in [-0.4, -0.2) is 22.8 Å². The molecule has 0 saturated carbocycles. The molecular formula is C6H6N4O2. The van der Waals surface area contributed by atoms with E-state index in [-0.39, 0.29) is 11.6 Å². The molecule has 0 aromatic carbocycles. The molecule has 62 valence electrons. The Bertz CT molecular complexity index is 260. The Hall–Kier alpha value is -1.98. The summed E-state index contributed by atoms with van der Waals surface area (Å²) in [6.45, 7) is 0. The van der Waals surface area contributed by atoms with E-state index < -0.39 is 0 Å². The molecule has 0 atom stereocenters. The Balaban J connectivity index is 2.90. The van der Waals surface area contributed by atoms with Gasteiger partial charge in [0.25, 0.3) is 0 Å². The lowest BCUT2D eigenvalue weighted by Gasteiger charge is -2.01. The van der Waals surface area contributed by atoms with Crippen LogP contribution in [0.3, 0.4) is 0 Å². The fraction of sp³-hybridized carbons (Fsp3) is 0. The first kappa shape index (κ1) is 8.12. The summed E-state index contributed by atoms with van der Waals surface area (Å²) in [7, 11) is 0. The van der Waals surface area contributed by atoms with E-state index in [4.69, 9.17) is 0 Å². The van der Waals surface area contributed by atoms with Gasteiger partial charge in [0.15, 0.2) is 11.6 Å². The molecule has 0 spiro atoms. The van der Waals surface area contributed by atoms with Crippen molar-refractivity contribution in [2.24, 2.45) is 0 Å². The SMILES string of the molecule is O=CNc1nccnc1NC=O. The van der Waals surface area contributed by atoms with E-state index in [0.29, 0.717) is 12.8 Å². The fourth-order valence-corrected chi connectivity index (χ4v) is 0.661. The maximum absolute atomic E-state index is 10.0. The maximum atomic E-state index is 10.0. The number of hydrogen-bond donors (Lipinski definition) is 2. The molecule has 0 aliphatic heterocycles. The number of amides is 2. The minimum atomic E-state index is 0.222. The number of hydrogen-bond acceptors (Lipinski definition) is 4. The highest BCUT2D eigenvalue weighted by Gasteiger charge is 2.00. The summed E-state index contributed by atoms with van der Waals surface area (Å²) < 4.78 is 0. The highest BCUT2D eigenvalue weighted by atomic mass is 16.1. The molecule has 1 heterocycles. The summed E-state index contributed by atoms with van der Waals surface area (Å²) in [5, 5.41) is 4.57.